The highest BCUT2D eigenvalue weighted by atomic mass is 16.3. The van der Waals surface area contributed by atoms with Crippen LogP contribution in [0.1, 0.15) is 72.2 Å². The van der Waals surface area contributed by atoms with Gasteiger partial charge >= 0.3 is 0 Å². The van der Waals surface area contributed by atoms with Gasteiger partial charge in [-0.2, -0.15) is 0 Å². The fraction of sp³-hybridized carbons (Fsp3) is 0.375. The summed E-state index contributed by atoms with van der Waals surface area (Å²) in [7, 11) is 0. The standard InChI is InChI=1S/C32H40N2O4/c1-17-11-19(3)29(20(4)12-17)31(37)27(25(9)35)15-33-23(7)24(8)34-16-28(26(10)36)32(38)30-21(5)13-18(2)14-22(30)6/h11-16,23-24,37-38H,1-10H3/b31-27-,32-28-,33-15?,34-16?/t23-,24-/m1/s1. The number of aliphatic hydroxyl groups excluding tert-OH is 2. The summed E-state index contributed by atoms with van der Waals surface area (Å²) in [5.41, 5.74) is 7.15. The highest BCUT2D eigenvalue weighted by Gasteiger charge is 2.18. The van der Waals surface area contributed by atoms with Gasteiger partial charge in [-0.05, 0) is 91.5 Å². The van der Waals surface area contributed by atoms with Crippen molar-refractivity contribution in [1.29, 1.82) is 0 Å². The van der Waals surface area contributed by atoms with Crippen LogP contribution in [0.15, 0.2) is 45.4 Å². The van der Waals surface area contributed by atoms with E-state index in [2.05, 4.69) is 9.98 Å². The topological polar surface area (TPSA) is 99.3 Å². The third-order valence-electron chi connectivity index (χ3n) is 6.67. The quantitative estimate of drug-likeness (QED) is 0.216. The predicted octanol–water partition coefficient (Wildman–Crippen LogP) is 6.87. The van der Waals surface area contributed by atoms with E-state index in [0.717, 1.165) is 33.4 Å². The van der Waals surface area contributed by atoms with Crippen LogP contribution in [0.2, 0.25) is 0 Å². The molecule has 2 aromatic carbocycles. The molecule has 0 aromatic heterocycles. The smallest absolute Gasteiger partial charge is 0.165 e. The first kappa shape index (κ1) is 30.4. The van der Waals surface area contributed by atoms with Crippen molar-refractivity contribution in [2.24, 2.45) is 9.98 Å². The second-order valence-electron chi connectivity index (χ2n) is 10.2. The number of carbonyl (C=O) groups is 2. The predicted molar refractivity (Wildman–Crippen MR) is 158 cm³/mol. The average molecular weight is 517 g/mol. The van der Waals surface area contributed by atoms with Crippen LogP contribution in [-0.4, -0.2) is 46.3 Å². The summed E-state index contributed by atoms with van der Waals surface area (Å²) in [6, 6.07) is 7.10. The molecule has 0 bridgehead atoms. The number of nitrogens with zero attached hydrogens (tertiary/aromatic N) is 2. The molecule has 0 saturated heterocycles. The van der Waals surface area contributed by atoms with Gasteiger partial charge in [0.1, 0.15) is 11.5 Å². The molecule has 0 amide bonds. The van der Waals surface area contributed by atoms with Gasteiger partial charge in [-0.3, -0.25) is 19.6 Å². The summed E-state index contributed by atoms with van der Waals surface area (Å²) in [6.45, 7) is 18.0. The van der Waals surface area contributed by atoms with Gasteiger partial charge in [0.15, 0.2) is 11.6 Å². The molecule has 2 atom stereocenters. The van der Waals surface area contributed by atoms with Crippen LogP contribution in [0, 0.1) is 41.5 Å². The Kier molecular flexibility index (Phi) is 10.1. The molecule has 202 valence electrons. The van der Waals surface area contributed by atoms with Crippen molar-refractivity contribution in [3.8, 4) is 0 Å². The Labute approximate surface area is 226 Å². The van der Waals surface area contributed by atoms with Gasteiger partial charge in [-0.1, -0.05) is 35.4 Å². The Bertz CT molecular complexity index is 1220. The van der Waals surface area contributed by atoms with E-state index in [-0.39, 0.29) is 46.3 Å². The first-order valence-electron chi connectivity index (χ1n) is 12.8. The molecule has 0 aliphatic rings. The summed E-state index contributed by atoms with van der Waals surface area (Å²) in [4.78, 5) is 33.8. The Morgan fingerprint density at radius 2 is 0.895 bits per heavy atom. The first-order valence-corrected chi connectivity index (χ1v) is 12.8. The minimum absolute atomic E-state index is 0.102. The molecule has 0 radical (unpaired) electrons. The molecule has 0 saturated carbocycles. The Morgan fingerprint density at radius 1 is 0.632 bits per heavy atom. The highest BCUT2D eigenvalue weighted by molar-refractivity contribution is 6.18. The number of Topliss-reactive ketones (excluding diaryl/α,β-unsaturated/α-hetero) is 2. The number of hydrogen-bond donors (Lipinski definition) is 2. The molecule has 6 heteroatoms. The maximum atomic E-state index is 12.4. The molecule has 0 fully saturated rings. The SMILES string of the molecule is CC(=O)/C(C=N[C@H](C)[C@@H](C)N=C/C(C(C)=O)=C(/O)c1c(C)cc(C)cc1C)=C(\O)c1c(C)cc(C)cc1C. The zero-order chi connectivity index (χ0) is 28.9. The van der Waals surface area contributed by atoms with Crippen LogP contribution in [0.25, 0.3) is 11.5 Å². The van der Waals surface area contributed by atoms with Crippen molar-refractivity contribution in [2.45, 2.75) is 81.3 Å². The van der Waals surface area contributed by atoms with Gasteiger partial charge in [-0.25, -0.2) is 0 Å². The lowest BCUT2D eigenvalue weighted by molar-refractivity contribution is -0.114. The van der Waals surface area contributed by atoms with Gasteiger partial charge in [0.05, 0.1) is 23.2 Å². The van der Waals surface area contributed by atoms with Gasteiger partial charge < -0.3 is 10.2 Å². The highest BCUT2D eigenvalue weighted by Crippen LogP contribution is 2.26. The maximum Gasteiger partial charge on any atom is 0.165 e. The zero-order valence-electron chi connectivity index (χ0n) is 24.2. The number of aliphatic imine (C=N–C) groups is 2. The monoisotopic (exact) mass is 516 g/mol. The van der Waals surface area contributed by atoms with Crippen LogP contribution in [0.5, 0.6) is 0 Å². The maximum absolute atomic E-state index is 12.4. The molecule has 2 N–H and O–H groups in total. The van der Waals surface area contributed by atoms with Crippen molar-refractivity contribution in [3.05, 3.63) is 79.9 Å². The third kappa shape index (κ3) is 7.15. The number of aliphatic hydroxyl groups is 2. The number of rotatable bonds is 9. The lowest BCUT2D eigenvalue weighted by atomic mass is 9.95. The van der Waals surface area contributed by atoms with Crippen LogP contribution in [0.3, 0.4) is 0 Å². The lowest BCUT2D eigenvalue weighted by Gasteiger charge is -2.15. The second-order valence-corrected chi connectivity index (χ2v) is 10.2. The molecule has 0 aliphatic heterocycles. The van der Waals surface area contributed by atoms with E-state index in [0.29, 0.717) is 11.1 Å². The van der Waals surface area contributed by atoms with Crippen molar-refractivity contribution < 1.29 is 19.8 Å². The number of hydrogen-bond acceptors (Lipinski definition) is 6. The number of benzene rings is 2. The van der Waals surface area contributed by atoms with E-state index in [9.17, 15) is 19.8 Å². The normalized spacial score (nSPS) is 14.9. The summed E-state index contributed by atoms with van der Waals surface area (Å²) >= 11 is 0. The largest absolute Gasteiger partial charge is 0.506 e. The minimum Gasteiger partial charge on any atom is -0.506 e. The summed E-state index contributed by atoms with van der Waals surface area (Å²) in [5, 5.41) is 22.0. The summed E-state index contributed by atoms with van der Waals surface area (Å²) in [5.74, 6) is -0.806. The molecule has 0 aliphatic carbocycles. The first-order chi connectivity index (χ1) is 17.6. The molecule has 0 heterocycles. The third-order valence-corrected chi connectivity index (χ3v) is 6.67. The van der Waals surface area contributed by atoms with E-state index in [4.69, 9.17) is 0 Å². The molecule has 38 heavy (non-hydrogen) atoms. The molecular weight excluding hydrogens is 476 g/mol. The van der Waals surface area contributed by atoms with Crippen molar-refractivity contribution in [3.63, 3.8) is 0 Å². The number of allylic oxidation sites excluding steroid dienone is 2. The van der Waals surface area contributed by atoms with Crippen molar-refractivity contribution in [1.82, 2.24) is 0 Å². The Hall–Kier alpha value is -3.80. The Morgan fingerprint density at radius 3 is 1.13 bits per heavy atom. The average Bonchev–Trinajstić information content (AvgIpc) is 2.77. The van der Waals surface area contributed by atoms with Crippen LogP contribution >= 0.6 is 0 Å². The van der Waals surface area contributed by atoms with E-state index in [1.807, 2.05) is 79.7 Å². The summed E-state index contributed by atoms with van der Waals surface area (Å²) in [6.07, 6.45) is 2.79. The van der Waals surface area contributed by atoms with Crippen LogP contribution < -0.4 is 0 Å². The second kappa shape index (κ2) is 12.6. The van der Waals surface area contributed by atoms with Crippen molar-refractivity contribution in [2.75, 3.05) is 0 Å². The zero-order valence-corrected chi connectivity index (χ0v) is 24.2. The molecular formula is C32H40N2O4. The van der Waals surface area contributed by atoms with E-state index in [1.54, 1.807) is 0 Å². The Balaban J connectivity index is 2.40. The number of carbonyl (C=O) groups excluding carboxylic acids is 2. The van der Waals surface area contributed by atoms with E-state index >= 15 is 0 Å². The van der Waals surface area contributed by atoms with Gasteiger partial charge in [0.25, 0.3) is 0 Å². The number of ketones is 2. The van der Waals surface area contributed by atoms with E-state index in [1.165, 1.54) is 26.3 Å². The van der Waals surface area contributed by atoms with E-state index < -0.39 is 0 Å². The fourth-order valence-corrected chi connectivity index (χ4v) is 4.65. The lowest BCUT2D eigenvalue weighted by Crippen LogP contribution is -2.18. The number of aryl methyl sites for hydroxylation is 6. The minimum atomic E-state index is -0.369. The summed E-state index contributed by atoms with van der Waals surface area (Å²) < 4.78 is 0. The molecule has 6 nitrogen and oxygen atoms in total. The van der Waals surface area contributed by atoms with Crippen molar-refractivity contribution >= 4 is 35.5 Å². The molecule has 0 spiro atoms. The molecule has 0 unspecified atom stereocenters. The molecule has 2 rings (SSSR count). The van der Waals surface area contributed by atoms with Gasteiger partial charge in [-0.15, -0.1) is 0 Å². The van der Waals surface area contributed by atoms with Crippen LogP contribution in [-0.2, 0) is 9.59 Å². The van der Waals surface area contributed by atoms with Gasteiger partial charge in [0.2, 0.25) is 0 Å². The fourth-order valence-electron chi connectivity index (χ4n) is 4.65. The molecule has 2 aromatic rings. The van der Waals surface area contributed by atoms with Crippen LogP contribution in [0.4, 0.5) is 0 Å². The van der Waals surface area contributed by atoms with Gasteiger partial charge in [0, 0.05) is 23.6 Å².